The number of carbonyl (C=O) groups is 1. The molecule has 6 atom stereocenters. The highest BCUT2D eigenvalue weighted by Gasteiger charge is 2.77. The molecule has 28 heavy (non-hydrogen) atoms. The normalized spacial score (nSPS) is 41.3. The van der Waals surface area contributed by atoms with Crippen LogP contribution in [0.3, 0.4) is 0 Å². The summed E-state index contributed by atoms with van der Waals surface area (Å²) < 4.78 is 52.2. The predicted molar refractivity (Wildman–Crippen MR) is 87.8 cm³/mol. The second kappa shape index (κ2) is 5.26. The molecule has 6 nitrogen and oxygen atoms in total. The minimum atomic E-state index is -4.72. The van der Waals surface area contributed by atoms with Gasteiger partial charge in [0.25, 0.3) is 0 Å². The Kier molecular flexibility index (Phi) is 3.36. The summed E-state index contributed by atoms with van der Waals surface area (Å²) in [6, 6.07) is 4.77. The van der Waals surface area contributed by atoms with E-state index >= 15 is 0 Å². The first-order chi connectivity index (χ1) is 13.1. The van der Waals surface area contributed by atoms with Gasteiger partial charge in [-0.1, -0.05) is 0 Å². The second-order valence-corrected chi connectivity index (χ2v) is 8.13. The first-order valence-electron chi connectivity index (χ1n) is 9.07. The highest BCUT2D eigenvalue weighted by atomic mass is 19.4. The molecule has 4 fully saturated rings. The van der Waals surface area contributed by atoms with Gasteiger partial charge in [0.1, 0.15) is 11.8 Å². The molecule has 1 spiro atoms. The van der Waals surface area contributed by atoms with Crippen molar-refractivity contribution in [1.29, 1.82) is 5.26 Å². The molecule has 4 aliphatic heterocycles. The number of nitrogens with zero attached hydrogens (tertiary/aromatic N) is 2. The summed E-state index contributed by atoms with van der Waals surface area (Å²) >= 11 is 0. The summed E-state index contributed by atoms with van der Waals surface area (Å²) in [5.41, 5.74) is -3.35. The smallest absolute Gasteiger partial charge is 0.390 e. The fourth-order valence-electron chi connectivity index (χ4n) is 5.61. The van der Waals surface area contributed by atoms with Crippen molar-refractivity contribution in [3.05, 3.63) is 29.3 Å². The fraction of sp³-hybridized carbons (Fsp3) is 0.579. The molecule has 0 unspecified atom stereocenters. The van der Waals surface area contributed by atoms with Crippen LogP contribution in [0, 0.1) is 23.2 Å². The van der Waals surface area contributed by atoms with Crippen molar-refractivity contribution in [2.24, 2.45) is 11.8 Å². The number of hydrogen-bond acceptors (Lipinski definition) is 5. The number of alkyl halides is 3. The Morgan fingerprint density at radius 1 is 1.39 bits per heavy atom. The molecule has 1 N–H and O–H groups in total. The Bertz CT molecular complexity index is 929. The van der Waals surface area contributed by atoms with Gasteiger partial charge in [-0.05, 0) is 25.1 Å². The highest BCUT2D eigenvalue weighted by Crippen LogP contribution is 2.65. The lowest BCUT2D eigenvalue weighted by Gasteiger charge is -2.42. The van der Waals surface area contributed by atoms with Crippen molar-refractivity contribution in [1.82, 2.24) is 0 Å². The van der Waals surface area contributed by atoms with Crippen LogP contribution < -0.4 is 4.90 Å². The summed E-state index contributed by atoms with van der Waals surface area (Å²) in [5.74, 6) is -1.46. The van der Waals surface area contributed by atoms with Gasteiger partial charge in [0.05, 0.1) is 41.4 Å². The third-order valence-corrected chi connectivity index (χ3v) is 6.79. The van der Waals surface area contributed by atoms with Crippen LogP contribution >= 0.6 is 0 Å². The molecule has 1 aromatic carbocycles. The molecule has 1 aromatic rings. The van der Waals surface area contributed by atoms with E-state index in [-0.39, 0.29) is 18.2 Å². The maximum Gasteiger partial charge on any atom is 0.417 e. The van der Waals surface area contributed by atoms with Gasteiger partial charge in [-0.2, -0.15) is 18.4 Å². The maximum atomic E-state index is 13.4. The quantitative estimate of drug-likeness (QED) is 0.790. The number of aliphatic hydroxyl groups is 1. The van der Waals surface area contributed by atoms with Crippen molar-refractivity contribution in [2.75, 3.05) is 11.5 Å². The number of hydrogen-bond donors (Lipinski definition) is 1. The van der Waals surface area contributed by atoms with Crippen molar-refractivity contribution in [3.8, 4) is 6.07 Å². The predicted octanol–water partition coefficient (Wildman–Crippen LogP) is 2.19. The van der Waals surface area contributed by atoms with Crippen LogP contribution in [0.15, 0.2) is 18.2 Å². The van der Waals surface area contributed by atoms with Crippen molar-refractivity contribution in [3.63, 3.8) is 0 Å². The molecule has 148 valence electrons. The number of amides is 1. The number of fused-ring (bicyclic) bond motifs is 2. The maximum absolute atomic E-state index is 13.4. The zero-order valence-corrected chi connectivity index (χ0v) is 14.9. The van der Waals surface area contributed by atoms with Crippen LogP contribution in [0.1, 0.15) is 30.9 Å². The van der Waals surface area contributed by atoms with Crippen LogP contribution in [0.4, 0.5) is 18.9 Å². The van der Waals surface area contributed by atoms with Crippen LogP contribution in [0.2, 0.25) is 0 Å². The van der Waals surface area contributed by atoms with E-state index in [1.807, 2.05) is 0 Å². The van der Waals surface area contributed by atoms with Crippen molar-refractivity contribution < 1.29 is 32.5 Å². The third-order valence-electron chi connectivity index (χ3n) is 6.79. The van der Waals surface area contributed by atoms with E-state index in [9.17, 15) is 23.1 Å². The molecule has 0 saturated carbocycles. The lowest BCUT2D eigenvalue weighted by molar-refractivity contribution is -0.143. The summed E-state index contributed by atoms with van der Waals surface area (Å²) in [6.45, 7) is 1.97. The second-order valence-electron chi connectivity index (χ2n) is 8.13. The zero-order chi connectivity index (χ0) is 20.1. The van der Waals surface area contributed by atoms with Crippen LogP contribution in [-0.4, -0.2) is 41.2 Å². The number of ether oxygens (including phenoxy) is 2. The molecule has 9 heteroatoms. The number of rotatable bonds is 1. The molecule has 0 aromatic heterocycles. The number of anilines is 1. The Morgan fingerprint density at radius 3 is 2.82 bits per heavy atom. The van der Waals surface area contributed by atoms with Gasteiger partial charge in [-0.15, -0.1) is 0 Å². The Balaban J connectivity index is 1.62. The fourth-order valence-corrected chi connectivity index (χ4v) is 5.61. The molecule has 0 radical (unpaired) electrons. The van der Waals surface area contributed by atoms with Crippen LogP contribution in [0.5, 0.6) is 0 Å². The number of carbonyl (C=O) groups excluding carboxylic acids is 1. The molecule has 1 amide bonds. The van der Waals surface area contributed by atoms with Gasteiger partial charge in [-0.3, -0.25) is 9.69 Å². The summed E-state index contributed by atoms with van der Waals surface area (Å²) in [4.78, 5) is 14.5. The minimum absolute atomic E-state index is 0.0327. The van der Waals surface area contributed by atoms with Gasteiger partial charge in [0.15, 0.2) is 0 Å². The van der Waals surface area contributed by atoms with Gasteiger partial charge >= 0.3 is 6.18 Å². The minimum Gasteiger partial charge on any atom is -0.390 e. The molecule has 2 bridgehead atoms. The number of halogens is 3. The molecule has 4 aliphatic rings. The monoisotopic (exact) mass is 394 g/mol. The van der Waals surface area contributed by atoms with Crippen molar-refractivity contribution >= 4 is 11.6 Å². The standard InChI is InChI=1S/C19H17F3N2O4/c1-17-12(25)7-18(28-17)4-5-27-16-14(18)13(17)15(26)24(16)10-3-2-9(8-23)11(6-10)19(20,21)22/h2-3,6,12-14,16,25H,4-5,7H2,1H3/t12-,13+,14-,16-,17+,18-/m0/s1. The van der Waals surface area contributed by atoms with E-state index in [4.69, 9.17) is 14.7 Å². The lowest BCUT2D eigenvalue weighted by Crippen LogP contribution is -2.53. The molecule has 0 aliphatic carbocycles. The molecule has 4 heterocycles. The van der Waals surface area contributed by atoms with E-state index in [2.05, 4.69) is 0 Å². The van der Waals surface area contributed by atoms with Crippen molar-refractivity contribution in [2.45, 2.75) is 49.5 Å². The van der Waals surface area contributed by atoms with E-state index in [1.54, 1.807) is 13.0 Å². The summed E-state index contributed by atoms with van der Waals surface area (Å²) in [5, 5.41) is 19.5. The summed E-state index contributed by atoms with van der Waals surface area (Å²) in [6.07, 6.45) is -5.39. The molecular weight excluding hydrogens is 377 g/mol. The Morgan fingerprint density at radius 2 is 2.14 bits per heavy atom. The van der Waals surface area contributed by atoms with Gasteiger partial charge in [-0.25, -0.2) is 0 Å². The van der Waals surface area contributed by atoms with Gasteiger partial charge < -0.3 is 14.6 Å². The van der Waals surface area contributed by atoms with Crippen LogP contribution in [0.25, 0.3) is 0 Å². The van der Waals surface area contributed by atoms with E-state index in [0.29, 0.717) is 12.8 Å². The zero-order valence-electron chi connectivity index (χ0n) is 14.9. The first kappa shape index (κ1) is 17.9. The molecule has 4 saturated heterocycles. The number of benzene rings is 1. The largest absolute Gasteiger partial charge is 0.417 e. The first-order valence-corrected chi connectivity index (χ1v) is 9.07. The topological polar surface area (TPSA) is 82.8 Å². The number of aliphatic hydroxyl groups excluding tert-OH is 1. The molecule has 5 rings (SSSR count). The Labute approximate surface area is 158 Å². The molecular formula is C19H17F3N2O4. The third kappa shape index (κ3) is 2.00. The lowest BCUT2D eigenvalue weighted by atomic mass is 9.65. The Hall–Kier alpha value is -2.15. The van der Waals surface area contributed by atoms with E-state index in [0.717, 1.165) is 12.1 Å². The van der Waals surface area contributed by atoms with Gasteiger partial charge in [0, 0.05) is 24.4 Å². The van der Waals surface area contributed by atoms with E-state index in [1.165, 1.54) is 11.0 Å². The van der Waals surface area contributed by atoms with Gasteiger partial charge in [0.2, 0.25) is 5.91 Å². The average Bonchev–Trinajstić information content (AvgIpc) is 3.17. The van der Waals surface area contributed by atoms with E-state index < -0.39 is 52.7 Å². The average molecular weight is 394 g/mol. The number of nitriles is 1. The highest BCUT2D eigenvalue weighted by molar-refractivity contribution is 6.00. The SMILES string of the molecule is C[C@]12O[C@@]3(CCO[C@H]4[C@@H]3[C@@H]1C(=O)N4c1ccc(C#N)c(C(F)(F)F)c1)C[C@@H]2O. The van der Waals surface area contributed by atoms with Crippen LogP contribution in [-0.2, 0) is 20.4 Å². The summed E-state index contributed by atoms with van der Waals surface area (Å²) in [7, 11) is 0.